The number of aliphatic hydroxyl groups is 1. The third-order valence-corrected chi connectivity index (χ3v) is 2.38. The zero-order chi connectivity index (χ0) is 14.6. The van der Waals surface area contributed by atoms with E-state index in [1.54, 1.807) is 20.8 Å². The number of nitrogens with one attached hydrogen (secondary N) is 1. The van der Waals surface area contributed by atoms with Crippen molar-refractivity contribution in [1.29, 1.82) is 0 Å². The van der Waals surface area contributed by atoms with Gasteiger partial charge in [0.25, 0.3) is 0 Å². The minimum atomic E-state index is -0.801. The highest BCUT2D eigenvalue weighted by Crippen LogP contribution is 2.18. The summed E-state index contributed by atoms with van der Waals surface area (Å²) < 4.78 is 9.55. The van der Waals surface area contributed by atoms with Gasteiger partial charge < -0.3 is 19.6 Å². The Morgan fingerprint density at radius 1 is 1.53 bits per heavy atom. The minimum Gasteiger partial charge on any atom is -0.464 e. The number of hydrogen-bond donors (Lipinski definition) is 2. The summed E-state index contributed by atoms with van der Waals surface area (Å²) in [6.45, 7) is 4.84. The molecular weight excluding hydrogens is 252 g/mol. The van der Waals surface area contributed by atoms with E-state index < -0.39 is 17.4 Å². The van der Waals surface area contributed by atoms with Crippen molar-refractivity contribution in [2.75, 3.05) is 13.7 Å². The second kappa shape index (κ2) is 5.83. The molecule has 7 nitrogen and oxygen atoms in total. The van der Waals surface area contributed by atoms with E-state index in [2.05, 4.69) is 15.0 Å². The zero-order valence-corrected chi connectivity index (χ0v) is 11.4. The molecule has 7 heteroatoms. The summed E-state index contributed by atoms with van der Waals surface area (Å²) in [5.74, 6) is -0.848. The Balaban J connectivity index is 2.83. The topological polar surface area (TPSA) is 102 Å². The number of oxazole rings is 1. The van der Waals surface area contributed by atoms with Gasteiger partial charge in [-0.2, -0.15) is 0 Å². The molecule has 0 aliphatic rings. The Labute approximate surface area is 111 Å². The summed E-state index contributed by atoms with van der Waals surface area (Å²) in [5, 5.41) is 11.9. The van der Waals surface area contributed by atoms with Crippen LogP contribution < -0.4 is 5.32 Å². The molecule has 0 aromatic carbocycles. The number of ether oxygens (including phenoxy) is 1. The van der Waals surface area contributed by atoms with Crippen molar-refractivity contribution in [1.82, 2.24) is 10.3 Å². The second-order valence-electron chi connectivity index (χ2n) is 5.02. The third-order valence-electron chi connectivity index (χ3n) is 2.38. The normalized spacial score (nSPS) is 12.9. The molecule has 1 unspecified atom stereocenters. The molecule has 1 amide bonds. The average Bonchev–Trinajstić information content (AvgIpc) is 2.82. The van der Waals surface area contributed by atoms with Crippen LogP contribution in [0.4, 0.5) is 0 Å². The molecule has 0 bridgehead atoms. The summed E-state index contributed by atoms with van der Waals surface area (Å²) >= 11 is 0. The fourth-order valence-electron chi connectivity index (χ4n) is 1.21. The SMILES string of the molecule is COC(=O)c1coc(C(CO)NC(=O)C(C)(C)C)n1. The lowest BCUT2D eigenvalue weighted by Gasteiger charge is -2.21. The molecule has 1 aromatic heterocycles. The molecule has 0 aliphatic carbocycles. The van der Waals surface area contributed by atoms with Crippen molar-refractivity contribution >= 4 is 11.9 Å². The number of hydrogen-bond acceptors (Lipinski definition) is 6. The van der Waals surface area contributed by atoms with Gasteiger partial charge in [0.2, 0.25) is 11.8 Å². The van der Waals surface area contributed by atoms with Crippen molar-refractivity contribution in [3.8, 4) is 0 Å². The highest BCUT2D eigenvalue weighted by atomic mass is 16.5. The summed E-state index contributed by atoms with van der Waals surface area (Å²) in [6, 6.07) is -0.801. The largest absolute Gasteiger partial charge is 0.464 e. The van der Waals surface area contributed by atoms with Crippen molar-refractivity contribution in [3.05, 3.63) is 17.8 Å². The number of aromatic nitrogens is 1. The van der Waals surface area contributed by atoms with Gasteiger partial charge in [-0.1, -0.05) is 20.8 Å². The van der Waals surface area contributed by atoms with Gasteiger partial charge in [0.05, 0.1) is 13.7 Å². The Kier molecular flexibility index (Phi) is 4.66. The quantitative estimate of drug-likeness (QED) is 0.779. The molecule has 1 aromatic rings. The molecule has 0 radical (unpaired) electrons. The number of nitrogens with zero attached hydrogens (tertiary/aromatic N) is 1. The number of methoxy groups -OCH3 is 1. The van der Waals surface area contributed by atoms with Crippen LogP contribution in [0.25, 0.3) is 0 Å². The lowest BCUT2D eigenvalue weighted by Crippen LogP contribution is -2.38. The number of aliphatic hydroxyl groups excluding tert-OH is 1. The van der Waals surface area contributed by atoms with E-state index >= 15 is 0 Å². The molecule has 0 fully saturated rings. The van der Waals surface area contributed by atoms with Gasteiger partial charge in [0.15, 0.2) is 5.69 Å². The summed E-state index contributed by atoms with van der Waals surface area (Å²) in [5.41, 5.74) is -0.619. The number of amides is 1. The molecule has 0 spiro atoms. The number of rotatable bonds is 4. The van der Waals surface area contributed by atoms with E-state index in [9.17, 15) is 14.7 Å². The van der Waals surface area contributed by atoms with Gasteiger partial charge in [0.1, 0.15) is 12.3 Å². The van der Waals surface area contributed by atoms with E-state index in [0.717, 1.165) is 6.26 Å². The molecule has 1 rings (SSSR count). The summed E-state index contributed by atoms with van der Waals surface area (Å²) in [7, 11) is 1.22. The maximum Gasteiger partial charge on any atom is 0.360 e. The van der Waals surface area contributed by atoms with Gasteiger partial charge in [-0.15, -0.1) is 0 Å². The molecule has 1 atom stereocenters. The molecule has 19 heavy (non-hydrogen) atoms. The Morgan fingerprint density at radius 3 is 2.63 bits per heavy atom. The van der Waals surface area contributed by atoms with Gasteiger partial charge in [-0.05, 0) is 0 Å². The van der Waals surface area contributed by atoms with E-state index in [0.29, 0.717) is 0 Å². The monoisotopic (exact) mass is 270 g/mol. The van der Waals surface area contributed by atoms with Crippen molar-refractivity contribution in [2.24, 2.45) is 5.41 Å². The summed E-state index contributed by atoms with van der Waals surface area (Å²) in [4.78, 5) is 26.9. The van der Waals surface area contributed by atoms with Gasteiger partial charge in [-0.25, -0.2) is 9.78 Å². The second-order valence-corrected chi connectivity index (χ2v) is 5.02. The van der Waals surface area contributed by atoms with E-state index in [1.807, 2.05) is 0 Å². The standard InChI is InChI=1S/C12H18N2O5/c1-12(2,3)11(17)14-7(5-15)9-13-8(6-19-9)10(16)18-4/h6-7,15H,5H2,1-4H3,(H,14,17). The zero-order valence-electron chi connectivity index (χ0n) is 11.4. The highest BCUT2D eigenvalue weighted by molar-refractivity contribution is 5.86. The Morgan fingerprint density at radius 2 is 2.16 bits per heavy atom. The lowest BCUT2D eigenvalue weighted by molar-refractivity contribution is -0.129. The van der Waals surface area contributed by atoms with Crippen LogP contribution in [0, 0.1) is 5.41 Å². The van der Waals surface area contributed by atoms with Crippen LogP contribution in [-0.2, 0) is 9.53 Å². The van der Waals surface area contributed by atoms with E-state index in [-0.39, 0.29) is 24.1 Å². The first kappa shape index (κ1) is 15.2. The highest BCUT2D eigenvalue weighted by Gasteiger charge is 2.27. The Hall–Kier alpha value is -1.89. The molecule has 106 valence electrons. The van der Waals surface area contributed by atoms with Crippen LogP contribution in [0.1, 0.15) is 43.2 Å². The lowest BCUT2D eigenvalue weighted by atomic mass is 9.95. The molecule has 2 N–H and O–H groups in total. The van der Waals surface area contributed by atoms with Crippen LogP contribution >= 0.6 is 0 Å². The van der Waals surface area contributed by atoms with Gasteiger partial charge >= 0.3 is 5.97 Å². The predicted molar refractivity (Wildman–Crippen MR) is 65.3 cm³/mol. The number of carbonyl (C=O) groups excluding carboxylic acids is 2. The van der Waals surface area contributed by atoms with Crippen molar-refractivity contribution in [3.63, 3.8) is 0 Å². The van der Waals surface area contributed by atoms with E-state index in [1.165, 1.54) is 7.11 Å². The van der Waals surface area contributed by atoms with Gasteiger partial charge in [0, 0.05) is 5.41 Å². The molecular formula is C12H18N2O5. The number of carbonyl (C=O) groups is 2. The first-order valence-corrected chi connectivity index (χ1v) is 5.75. The molecule has 0 saturated heterocycles. The van der Waals surface area contributed by atoms with Crippen LogP contribution in [0.5, 0.6) is 0 Å². The van der Waals surface area contributed by atoms with Crippen LogP contribution in [0.2, 0.25) is 0 Å². The number of esters is 1. The maximum absolute atomic E-state index is 11.8. The first-order valence-electron chi connectivity index (χ1n) is 5.75. The predicted octanol–water partition coefficient (Wildman–Crippen LogP) is 0.657. The third kappa shape index (κ3) is 3.78. The van der Waals surface area contributed by atoms with Crippen molar-refractivity contribution in [2.45, 2.75) is 26.8 Å². The van der Waals surface area contributed by atoms with Crippen molar-refractivity contribution < 1.29 is 23.8 Å². The maximum atomic E-state index is 11.8. The summed E-state index contributed by atoms with van der Waals surface area (Å²) in [6.07, 6.45) is 1.12. The fourth-order valence-corrected chi connectivity index (χ4v) is 1.21. The smallest absolute Gasteiger partial charge is 0.360 e. The molecule has 0 saturated carbocycles. The molecule has 1 heterocycles. The molecule has 0 aliphatic heterocycles. The average molecular weight is 270 g/mol. The van der Waals surface area contributed by atoms with Gasteiger partial charge in [-0.3, -0.25) is 4.79 Å². The first-order chi connectivity index (χ1) is 8.79. The fraction of sp³-hybridized carbons (Fsp3) is 0.583. The van der Waals surface area contributed by atoms with Crippen LogP contribution in [0.3, 0.4) is 0 Å². The Bertz CT molecular complexity index is 461. The van der Waals surface area contributed by atoms with Crippen LogP contribution in [0.15, 0.2) is 10.7 Å². The minimum absolute atomic E-state index is 0.0130. The van der Waals surface area contributed by atoms with Crippen LogP contribution in [-0.4, -0.2) is 35.7 Å². The van der Waals surface area contributed by atoms with E-state index in [4.69, 9.17) is 4.42 Å².